The summed E-state index contributed by atoms with van der Waals surface area (Å²) in [7, 11) is 0. The molecule has 0 aromatic heterocycles. The minimum atomic E-state index is -2.71. The zero-order valence-electron chi connectivity index (χ0n) is 8.39. The largest absolute Gasteiger partial charge is 0.303 e. The Morgan fingerprint density at radius 2 is 2.06 bits per heavy atom. The predicted molar refractivity (Wildman–Crippen MR) is 52.5 cm³/mol. The molecule has 1 rings (SSSR count). The van der Waals surface area contributed by atoms with E-state index in [-0.39, 0.29) is 16.8 Å². The monoisotopic (exact) mass is 229 g/mol. The van der Waals surface area contributed by atoms with E-state index in [1.54, 1.807) is 0 Å². The zero-order valence-corrected chi connectivity index (χ0v) is 8.39. The Morgan fingerprint density at radius 1 is 1.44 bits per heavy atom. The summed E-state index contributed by atoms with van der Waals surface area (Å²) in [5.74, 6) is -0.779. The Morgan fingerprint density at radius 3 is 2.50 bits per heavy atom. The minimum Gasteiger partial charge on any atom is -0.303 e. The van der Waals surface area contributed by atoms with Gasteiger partial charge >= 0.3 is 0 Å². The van der Waals surface area contributed by atoms with Crippen LogP contribution in [0, 0.1) is 10.1 Å². The third kappa shape index (κ3) is 2.39. The van der Waals surface area contributed by atoms with Crippen molar-refractivity contribution in [1.82, 2.24) is 0 Å². The molecule has 86 valence electrons. The van der Waals surface area contributed by atoms with Gasteiger partial charge in [-0.05, 0) is 12.1 Å². The molecule has 0 radical (unpaired) electrons. The van der Waals surface area contributed by atoms with Gasteiger partial charge in [0.05, 0.1) is 4.92 Å². The summed E-state index contributed by atoms with van der Waals surface area (Å²) in [6, 6.07) is 2.99. The van der Waals surface area contributed by atoms with Gasteiger partial charge in [-0.15, -0.1) is 0 Å². The SMILES string of the molecule is CC(C=O)c1cc(C(F)F)ccc1[N+](=O)[O-]. The second kappa shape index (κ2) is 4.78. The third-order valence-electron chi connectivity index (χ3n) is 2.19. The summed E-state index contributed by atoms with van der Waals surface area (Å²) in [4.78, 5) is 20.5. The lowest BCUT2D eigenvalue weighted by atomic mass is 9.98. The maximum atomic E-state index is 12.4. The van der Waals surface area contributed by atoms with Crippen LogP contribution in [-0.2, 0) is 4.79 Å². The van der Waals surface area contributed by atoms with E-state index in [2.05, 4.69) is 0 Å². The van der Waals surface area contributed by atoms with E-state index in [0.29, 0.717) is 6.29 Å². The van der Waals surface area contributed by atoms with Gasteiger partial charge in [-0.1, -0.05) is 6.92 Å². The molecule has 0 amide bonds. The minimum absolute atomic E-state index is 0.0119. The first-order chi connectivity index (χ1) is 7.47. The fourth-order valence-electron chi connectivity index (χ4n) is 1.31. The summed E-state index contributed by atoms with van der Waals surface area (Å²) >= 11 is 0. The summed E-state index contributed by atoms with van der Waals surface area (Å²) in [6.07, 6.45) is -2.23. The molecule has 0 saturated carbocycles. The van der Waals surface area contributed by atoms with Gasteiger partial charge in [0.2, 0.25) is 0 Å². The number of nitrogens with zero attached hydrogens (tertiary/aromatic N) is 1. The second-order valence-electron chi connectivity index (χ2n) is 3.30. The zero-order chi connectivity index (χ0) is 12.3. The highest BCUT2D eigenvalue weighted by atomic mass is 19.3. The molecule has 0 heterocycles. The Kier molecular flexibility index (Phi) is 3.65. The van der Waals surface area contributed by atoms with Crippen LogP contribution >= 0.6 is 0 Å². The van der Waals surface area contributed by atoms with Crippen molar-refractivity contribution in [2.24, 2.45) is 0 Å². The number of nitro benzene ring substituents is 1. The van der Waals surface area contributed by atoms with E-state index in [1.807, 2.05) is 0 Å². The molecule has 6 heteroatoms. The van der Waals surface area contributed by atoms with E-state index in [4.69, 9.17) is 0 Å². The van der Waals surface area contributed by atoms with Crippen LogP contribution in [0.15, 0.2) is 18.2 Å². The van der Waals surface area contributed by atoms with Crippen LogP contribution in [-0.4, -0.2) is 11.2 Å². The number of hydrogen-bond acceptors (Lipinski definition) is 3. The number of halogens is 2. The quantitative estimate of drug-likeness (QED) is 0.453. The molecule has 0 aliphatic heterocycles. The van der Waals surface area contributed by atoms with E-state index in [9.17, 15) is 23.7 Å². The van der Waals surface area contributed by atoms with Crippen LogP contribution in [0.2, 0.25) is 0 Å². The van der Waals surface area contributed by atoms with Crippen LogP contribution in [0.3, 0.4) is 0 Å². The number of carbonyl (C=O) groups is 1. The maximum Gasteiger partial charge on any atom is 0.273 e. The molecule has 0 aliphatic carbocycles. The van der Waals surface area contributed by atoms with Gasteiger partial charge < -0.3 is 4.79 Å². The number of alkyl halides is 2. The van der Waals surface area contributed by atoms with E-state index >= 15 is 0 Å². The summed E-state index contributed by atoms with van der Waals surface area (Å²) in [6.45, 7) is 1.42. The molecule has 16 heavy (non-hydrogen) atoms. The lowest BCUT2D eigenvalue weighted by Gasteiger charge is -2.07. The van der Waals surface area contributed by atoms with Crippen LogP contribution in [0.25, 0.3) is 0 Å². The molecule has 0 saturated heterocycles. The first-order valence-electron chi connectivity index (χ1n) is 4.49. The molecule has 1 aromatic carbocycles. The lowest BCUT2D eigenvalue weighted by molar-refractivity contribution is -0.385. The highest BCUT2D eigenvalue weighted by Crippen LogP contribution is 2.30. The van der Waals surface area contributed by atoms with Gasteiger partial charge in [0, 0.05) is 23.1 Å². The van der Waals surface area contributed by atoms with Crippen LogP contribution in [0.4, 0.5) is 14.5 Å². The third-order valence-corrected chi connectivity index (χ3v) is 2.19. The van der Waals surface area contributed by atoms with Crippen molar-refractivity contribution in [1.29, 1.82) is 0 Å². The van der Waals surface area contributed by atoms with E-state index in [1.165, 1.54) is 6.92 Å². The number of carbonyl (C=O) groups excluding carboxylic acids is 1. The fourth-order valence-corrected chi connectivity index (χ4v) is 1.31. The molecule has 1 unspecified atom stereocenters. The Bertz CT molecular complexity index is 421. The topological polar surface area (TPSA) is 60.2 Å². The van der Waals surface area contributed by atoms with Gasteiger partial charge in [0.1, 0.15) is 6.29 Å². The van der Waals surface area contributed by atoms with Crippen molar-refractivity contribution in [3.63, 3.8) is 0 Å². The highest BCUT2D eigenvalue weighted by Gasteiger charge is 2.21. The van der Waals surface area contributed by atoms with Gasteiger partial charge in [0.25, 0.3) is 12.1 Å². The molecule has 0 fully saturated rings. The Labute approximate surface area is 90.0 Å². The first kappa shape index (κ1) is 12.2. The molecule has 0 N–H and O–H groups in total. The summed E-state index contributed by atoms with van der Waals surface area (Å²) in [5.41, 5.74) is -0.629. The van der Waals surface area contributed by atoms with Gasteiger partial charge in [-0.25, -0.2) is 8.78 Å². The molecule has 4 nitrogen and oxygen atoms in total. The average molecular weight is 229 g/mol. The van der Waals surface area contributed by atoms with Gasteiger partial charge in [-0.3, -0.25) is 10.1 Å². The van der Waals surface area contributed by atoms with E-state index in [0.717, 1.165) is 18.2 Å². The Balaban J connectivity index is 3.31. The van der Waals surface area contributed by atoms with Crippen molar-refractivity contribution in [3.8, 4) is 0 Å². The highest BCUT2D eigenvalue weighted by molar-refractivity contribution is 5.65. The molecule has 1 aromatic rings. The second-order valence-corrected chi connectivity index (χ2v) is 3.30. The van der Waals surface area contributed by atoms with Crippen molar-refractivity contribution in [2.45, 2.75) is 19.3 Å². The van der Waals surface area contributed by atoms with Crippen LogP contribution in [0.5, 0.6) is 0 Å². The van der Waals surface area contributed by atoms with Crippen LogP contribution < -0.4 is 0 Å². The van der Waals surface area contributed by atoms with E-state index < -0.39 is 17.3 Å². The molecular formula is C10H9F2NO3. The number of hydrogen-bond donors (Lipinski definition) is 0. The molecular weight excluding hydrogens is 220 g/mol. The fraction of sp³-hybridized carbons (Fsp3) is 0.300. The first-order valence-corrected chi connectivity index (χ1v) is 4.49. The van der Waals surface area contributed by atoms with Crippen LogP contribution in [0.1, 0.15) is 30.4 Å². The average Bonchev–Trinajstić information content (AvgIpc) is 2.26. The van der Waals surface area contributed by atoms with Gasteiger partial charge in [-0.2, -0.15) is 0 Å². The van der Waals surface area contributed by atoms with Crippen molar-refractivity contribution in [2.75, 3.05) is 0 Å². The summed E-state index contributed by atoms with van der Waals surface area (Å²) in [5, 5.41) is 10.6. The lowest BCUT2D eigenvalue weighted by Crippen LogP contribution is -2.02. The molecule has 0 aliphatic rings. The maximum absolute atomic E-state index is 12.4. The smallest absolute Gasteiger partial charge is 0.273 e. The number of aldehydes is 1. The van der Waals surface area contributed by atoms with Crippen molar-refractivity contribution < 1.29 is 18.5 Å². The Hall–Kier alpha value is -1.85. The number of benzene rings is 1. The normalized spacial score (nSPS) is 12.5. The van der Waals surface area contributed by atoms with Crippen molar-refractivity contribution >= 4 is 12.0 Å². The standard InChI is InChI=1S/C10H9F2NO3/c1-6(5-14)8-4-7(10(11)12)2-3-9(8)13(15)16/h2-6,10H,1H3. The van der Waals surface area contributed by atoms with Crippen molar-refractivity contribution in [3.05, 3.63) is 39.4 Å². The predicted octanol–water partition coefficient (Wildman–Crippen LogP) is 2.83. The molecule has 0 bridgehead atoms. The number of rotatable bonds is 4. The molecule has 0 spiro atoms. The number of nitro groups is 1. The summed E-state index contributed by atoms with van der Waals surface area (Å²) < 4.78 is 24.8. The molecule has 1 atom stereocenters. The van der Waals surface area contributed by atoms with Gasteiger partial charge in [0.15, 0.2) is 0 Å².